The smallest absolute Gasteiger partial charge is 0.0882 e. The van der Waals surface area contributed by atoms with Gasteiger partial charge >= 0.3 is 0 Å². The topological polar surface area (TPSA) is 50.5 Å². The van der Waals surface area contributed by atoms with E-state index in [0.717, 1.165) is 45.3 Å². The largest absolute Gasteiger partial charge is 0.264 e. The zero-order valence-electron chi connectivity index (χ0n) is 16.9. The van der Waals surface area contributed by atoms with E-state index in [0.29, 0.717) is 0 Å². The van der Waals surface area contributed by atoms with Gasteiger partial charge in [0, 0.05) is 41.4 Å². The van der Waals surface area contributed by atoms with E-state index in [9.17, 15) is 0 Å². The van der Waals surface area contributed by atoms with E-state index in [1.54, 1.807) is 0 Å². The molecule has 0 amide bonds. The van der Waals surface area contributed by atoms with E-state index in [1.165, 1.54) is 10.9 Å². The second kappa shape index (κ2) is 8.28. The molecule has 4 heteroatoms. The van der Waals surface area contributed by atoms with Gasteiger partial charge in [-0.25, -0.2) is 4.98 Å². The summed E-state index contributed by atoms with van der Waals surface area (Å²) in [6, 6.07) is 26.7. The molecule has 0 saturated heterocycles. The third kappa shape index (κ3) is 3.96. The minimum absolute atomic E-state index is 0.737. The lowest BCUT2D eigenvalue weighted by Gasteiger charge is -2.06. The third-order valence-electron chi connectivity index (χ3n) is 5.30. The number of benzene rings is 3. The molecule has 0 spiro atoms. The molecule has 0 aliphatic heterocycles. The summed E-state index contributed by atoms with van der Waals surface area (Å²) in [5.74, 6) is 0. The van der Waals surface area contributed by atoms with Crippen LogP contribution in [0.4, 0.5) is 11.4 Å². The maximum Gasteiger partial charge on any atom is 0.0882 e. The van der Waals surface area contributed by atoms with Crippen molar-refractivity contribution in [3.8, 4) is 11.3 Å². The summed E-state index contributed by atoms with van der Waals surface area (Å²) in [7, 11) is 0. The second-order valence-corrected chi connectivity index (χ2v) is 7.32. The standard InChI is InChI=1S/C27H20N4/c1-28-26-4-2-3-5-27(26)30-15-12-19-6-10-24-21(16-19)9-11-25(31-24)22-8-7-20-13-14-29-18-23(20)17-22/h2-11,13-18H,1,12H2/b30-15-. The Balaban J connectivity index is 1.39. The first-order chi connectivity index (χ1) is 15.3. The summed E-state index contributed by atoms with van der Waals surface area (Å²) >= 11 is 0. The Morgan fingerprint density at radius 2 is 1.68 bits per heavy atom. The summed E-state index contributed by atoms with van der Waals surface area (Å²) < 4.78 is 0. The van der Waals surface area contributed by atoms with Crippen molar-refractivity contribution >= 4 is 46.0 Å². The highest BCUT2D eigenvalue weighted by Gasteiger charge is 2.04. The molecule has 0 N–H and O–H groups in total. The van der Waals surface area contributed by atoms with Crippen LogP contribution in [0.2, 0.25) is 0 Å². The Hall–Kier alpha value is -4.18. The Labute approximate surface area is 180 Å². The summed E-state index contributed by atoms with van der Waals surface area (Å²) in [5, 5.41) is 3.41. The molecule has 0 aliphatic carbocycles. The van der Waals surface area contributed by atoms with Gasteiger partial charge in [-0.05, 0) is 60.1 Å². The number of hydrogen-bond donors (Lipinski definition) is 0. The molecule has 0 fully saturated rings. The Morgan fingerprint density at radius 1 is 0.806 bits per heavy atom. The maximum absolute atomic E-state index is 4.87. The molecule has 2 aromatic heterocycles. The van der Waals surface area contributed by atoms with Crippen molar-refractivity contribution in [2.45, 2.75) is 6.42 Å². The van der Waals surface area contributed by atoms with Crippen LogP contribution in [-0.2, 0) is 6.42 Å². The van der Waals surface area contributed by atoms with E-state index in [2.05, 4.69) is 70.2 Å². The van der Waals surface area contributed by atoms with Crippen molar-refractivity contribution in [1.29, 1.82) is 0 Å². The van der Waals surface area contributed by atoms with Gasteiger partial charge in [-0.15, -0.1) is 0 Å². The minimum atomic E-state index is 0.737. The molecule has 148 valence electrons. The van der Waals surface area contributed by atoms with Gasteiger partial charge in [0.2, 0.25) is 0 Å². The lowest BCUT2D eigenvalue weighted by molar-refractivity contribution is 1.33. The zero-order valence-corrected chi connectivity index (χ0v) is 16.9. The van der Waals surface area contributed by atoms with Crippen molar-refractivity contribution in [2.24, 2.45) is 9.98 Å². The first kappa shape index (κ1) is 18.8. The minimum Gasteiger partial charge on any atom is -0.264 e. The summed E-state index contributed by atoms with van der Waals surface area (Å²) in [6.45, 7) is 3.60. The highest BCUT2D eigenvalue weighted by Crippen LogP contribution is 2.27. The molecule has 0 atom stereocenters. The van der Waals surface area contributed by atoms with E-state index >= 15 is 0 Å². The Morgan fingerprint density at radius 3 is 2.58 bits per heavy atom. The summed E-state index contributed by atoms with van der Waals surface area (Å²) in [5.41, 5.74) is 5.83. The van der Waals surface area contributed by atoms with Crippen LogP contribution in [0, 0.1) is 0 Å². The Bertz CT molecular complexity index is 1440. The number of para-hydroxylation sites is 2. The van der Waals surface area contributed by atoms with Crippen molar-refractivity contribution in [1.82, 2.24) is 9.97 Å². The molecule has 5 aromatic rings. The van der Waals surface area contributed by atoms with Gasteiger partial charge in [0.25, 0.3) is 0 Å². The highest BCUT2D eigenvalue weighted by atomic mass is 14.8. The molecule has 0 radical (unpaired) electrons. The van der Waals surface area contributed by atoms with Gasteiger partial charge < -0.3 is 0 Å². The molecule has 0 saturated carbocycles. The SMILES string of the molecule is C=Nc1ccccc1/N=C\Cc1ccc2nc(-c3ccc4ccncc4c3)ccc2c1. The molecule has 0 bridgehead atoms. The molecule has 3 aromatic carbocycles. The van der Waals surface area contributed by atoms with Crippen LogP contribution in [-0.4, -0.2) is 22.9 Å². The lowest BCUT2D eigenvalue weighted by atomic mass is 10.0. The van der Waals surface area contributed by atoms with Gasteiger partial charge in [0.05, 0.1) is 22.6 Å². The van der Waals surface area contributed by atoms with Crippen LogP contribution in [0.5, 0.6) is 0 Å². The molecule has 4 nitrogen and oxygen atoms in total. The lowest BCUT2D eigenvalue weighted by Crippen LogP contribution is -1.89. The number of aliphatic imine (C=N–C) groups is 2. The van der Waals surface area contributed by atoms with Gasteiger partial charge in [-0.2, -0.15) is 0 Å². The summed E-state index contributed by atoms with van der Waals surface area (Å²) in [4.78, 5) is 17.7. The molecular weight excluding hydrogens is 380 g/mol. The molecule has 5 rings (SSSR count). The molecule has 2 heterocycles. The fourth-order valence-electron chi connectivity index (χ4n) is 3.66. The number of aromatic nitrogens is 2. The second-order valence-electron chi connectivity index (χ2n) is 7.32. The van der Waals surface area contributed by atoms with Crippen molar-refractivity contribution in [3.63, 3.8) is 0 Å². The van der Waals surface area contributed by atoms with Crippen molar-refractivity contribution in [3.05, 3.63) is 96.8 Å². The Kier molecular flexibility index (Phi) is 5.03. The molecular formula is C27H20N4. The number of rotatable bonds is 5. The maximum atomic E-state index is 4.87. The van der Waals surface area contributed by atoms with Crippen LogP contribution in [0.3, 0.4) is 0 Å². The fourth-order valence-corrected chi connectivity index (χ4v) is 3.66. The van der Waals surface area contributed by atoms with E-state index < -0.39 is 0 Å². The van der Waals surface area contributed by atoms with Crippen LogP contribution >= 0.6 is 0 Å². The van der Waals surface area contributed by atoms with E-state index in [1.807, 2.05) is 48.9 Å². The monoisotopic (exact) mass is 400 g/mol. The normalized spacial score (nSPS) is 11.4. The number of pyridine rings is 2. The van der Waals surface area contributed by atoms with Gasteiger partial charge in [-0.3, -0.25) is 15.0 Å². The van der Waals surface area contributed by atoms with Gasteiger partial charge in [-0.1, -0.05) is 36.4 Å². The van der Waals surface area contributed by atoms with Gasteiger partial charge in [0.1, 0.15) is 0 Å². The highest BCUT2D eigenvalue weighted by molar-refractivity contribution is 5.88. The summed E-state index contributed by atoms with van der Waals surface area (Å²) in [6.07, 6.45) is 6.35. The van der Waals surface area contributed by atoms with Crippen molar-refractivity contribution in [2.75, 3.05) is 0 Å². The first-order valence-electron chi connectivity index (χ1n) is 10.1. The average molecular weight is 400 g/mol. The zero-order chi connectivity index (χ0) is 21.0. The van der Waals surface area contributed by atoms with Crippen LogP contribution in [0.25, 0.3) is 32.9 Å². The predicted molar refractivity (Wildman–Crippen MR) is 130 cm³/mol. The fraction of sp³-hybridized carbons (Fsp3) is 0.0370. The van der Waals surface area contributed by atoms with Crippen LogP contribution in [0.15, 0.2) is 101 Å². The number of fused-ring (bicyclic) bond motifs is 2. The van der Waals surface area contributed by atoms with E-state index in [-0.39, 0.29) is 0 Å². The number of nitrogens with zero attached hydrogens (tertiary/aromatic N) is 4. The third-order valence-corrected chi connectivity index (χ3v) is 5.30. The first-order valence-corrected chi connectivity index (χ1v) is 10.1. The average Bonchev–Trinajstić information content (AvgIpc) is 2.83. The van der Waals surface area contributed by atoms with Crippen LogP contribution < -0.4 is 0 Å². The quantitative estimate of drug-likeness (QED) is 0.307. The molecule has 31 heavy (non-hydrogen) atoms. The predicted octanol–water partition coefficient (Wildman–Crippen LogP) is 6.73. The number of hydrogen-bond acceptors (Lipinski definition) is 4. The van der Waals surface area contributed by atoms with Crippen molar-refractivity contribution < 1.29 is 0 Å². The molecule has 0 unspecified atom stereocenters. The van der Waals surface area contributed by atoms with Gasteiger partial charge in [0.15, 0.2) is 0 Å². The molecule has 0 aliphatic rings. The van der Waals surface area contributed by atoms with E-state index in [4.69, 9.17) is 4.98 Å². The van der Waals surface area contributed by atoms with Crippen LogP contribution in [0.1, 0.15) is 5.56 Å².